The molecule has 0 radical (unpaired) electrons. The molecule has 3 nitrogen and oxygen atoms in total. The number of carbonyl (C=O) groups is 1. The molecular formula is C9H10N2OS. The van der Waals surface area contributed by atoms with Crippen LogP contribution < -0.4 is 10.6 Å². The number of hydrogen-bond donors (Lipinski definition) is 2. The number of rotatable bonds is 1. The molecule has 0 saturated carbocycles. The number of benzene rings is 1. The van der Waals surface area contributed by atoms with Crippen molar-refractivity contribution in [2.45, 2.75) is 6.92 Å². The van der Waals surface area contributed by atoms with Gasteiger partial charge in [-0.05, 0) is 19.1 Å². The Hall–Kier alpha value is -1.42. The van der Waals surface area contributed by atoms with Gasteiger partial charge in [-0.1, -0.05) is 30.4 Å². The van der Waals surface area contributed by atoms with Crippen LogP contribution in [-0.2, 0) is 0 Å². The minimum Gasteiger partial charge on any atom is -0.308 e. The fourth-order valence-electron chi connectivity index (χ4n) is 0.844. The molecule has 0 bridgehead atoms. The summed E-state index contributed by atoms with van der Waals surface area (Å²) in [7, 11) is 0. The summed E-state index contributed by atoms with van der Waals surface area (Å²) < 4.78 is 0. The second-order valence-electron chi connectivity index (χ2n) is 2.50. The molecule has 4 heteroatoms. The molecule has 0 aliphatic heterocycles. The second kappa shape index (κ2) is 4.57. The SMILES string of the molecule is CC(=S)NC(=O)Nc1ccccc1. The van der Waals surface area contributed by atoms with Gasteiger partial charge in [0.05, 0.1) is 4.99 Å². The van der Waals surface area contributed by atoms with E-state index >= 15 is 0 Å². The van der Waals surface area contributed by atoms with Gasteiger partial charge in [-0.3, -0.25) is 0 Å². The highest BCUT2D eigenvalue weighted by Crippen LogP contribution is 2.03. The number of thiocarbonyl (C=S) groups is 1. The zero-order chi connectivity index (χ0) is 9.68. The van der Waals surface area contributed by atoms with Gasteiger partial charge in [0.15, 0.2) is 0 Å². The number of nitrogens with one attached hydrogen (secondary N) is 2. The van der Waals surface area contributed by atoms with Gasteiger partial charge in [0.1, 0.15) is 0 Å². The van der Waals surface area contributed by atoms with Crippen molar-refractivity contribution in [2.24, 2.45) is 0 Å². The lowest BCUT2D eigenvalue weighted by atomic mass is 10.3. The monoisotopic (exact) mass is 194 g/mol. The molecule has 0 aliphatic rings. The highest BCUT2D eigenvalue weighted by molar-refractivity contribution is 7.80. The van der Waals surface area contributed by atoms with E-state index in [2.05, 4.69) is 10.6 Å². The summed E-state index contributed by atoms with van der Waals surface area (Å²) in [6, 6.07) is 8.88. The lowest BCUT2D eigenvalue weighted by Crippen LogP contribution is -2.31. The molecule has 1 aromatic carbocycles. The Morgan fingerprint density at radius 2 is 1.92 bits per heavy atom. The smallest absolute Gasteiger partial charge is 0.308 e. The fourth-order valence-corrected chi connectivity index (χ4v) is 0.936. The normalized spacial score (nSPS) is 9.00. The van der Waals surface area contributed by atoms with Crippen LogP contribution in [0.1, 0.15) is 6.92 Å². The molecule has 2 amide bonds. The largest absolute Gasteiger partial charge is 0.324 e. The quantitative estimate of drug-likeness (QED) is 0.672. The Bertz CT molecular complexity index is 311. The lowest BCUT2D eigenvalue weighted by Gasteiger charge is -2.04. The maximum Gasteiger partial charge on any atom is 0.324 e. The first kappa shape index (κ1) is 9.67. The molecule has 0 heterocycles. The third-order valence-corrected chi connectivity index (χ3v) is 1.42. The van der Waals surface area contributed by atoms with Crippen LogP contribution in [0.3, 0.4) is 0 Å². The molecule has 0 spiro atoms. The average Bonchev–Trinajstić information content (AvgIpc) is 2.04. The Morgan fingerprint density at radius 3 is 2.46 bits per heavy atom. The standard InChI is InChI=1S/C9H10N2OS/c1-7(13)10-9(12)11-8-5-3-2-4-6-8/h2-6H,1H3,(H2,10,11,12,13). The van der Waals surface area contributed by atoms with Crippen molar-refractivity contribution in [1.82, 2.24) is 5.32 Å². The van der Waals surface area contributed by atoms with E-state index in [1.807, 2.05) is 18.2 Å². The molecule has 1 rings (SSSR count). The number of urea groups is 1. The molecule has 13 heavy (non-hydrogen) atoms. The Balaban J connectivity index is 2.50. The summed E-state index contributed by atoms with van der Waals surface area (Å²) in [5, 5.41) is 5.11. The maximum absolute atomic E-state index is 11.1. The maximum atomic E-state index is 11.1. The van der Waals surface area contributed by atoms with Crippen molar-refractivity contribution >= 4 is 28.9 Å². The van der Waals surface area contributed by atoms with Crippen molar-refractivity contribution in [3.05, 3.63) is 30.3 Å². The molecule has 0 atom stereocenters. The molecule has 0 aliphatic carbocycles. The minimum atomic E-state index is -0.307. The van der Waals surface area contributed by atoms with Gasteiger partial charge < -0.3 is 10.6 Å². The van der Waals surface area contributed by atoms with E-state index in [-0.39, 0.29) is 6.03 Å². The van der Waals surface area contributed by atoms with Gasteiger partial charge in [-0.15, -0.1) is 0 Å². The second-order valence-corrected chi connectivity index (χ2v) is 3.11. The van der Waals surface area contributed by atoms with Crippen LogP contribution in [0.5, 0.6) is 0 Å². The summed E-state index contributed by atoms with van der Waals surface area (Å²) in [4.78, 5) is 11.6. The molecule has 0 saturated heterocycles. The van der Waals surface area contributed by atoms with E-state index < -0.39 is 0 Å². The summed E-state index contributed by atoms with van der Waals surface area (Å²) in [6.45, 7) is 1.65. The van der Waals surface area contributed by atoms with Crippen LogP contribution in [-0.4, -0.2) is 11.0 Å². The van der Waals surface area contributed by atoms with Crippen molar-refractivity contribution in [3.8, 4) is 0 Å². The highest BCUT2D eigenvalue weighted by atomic mass is 32.1. The fraction of sp³-hybridized carbons (Fsp3) is 0.111. The van der Waals surface area contributed by atoms with Gasteiger partial charge in [0, 0.05) is 5.69 Å². The summed E-state index contributed by atoms with van der Waals surface area (Å²) in [6.07, 6.45) is 0. The van der Waals surface area contributed by atoms with Crippen molar-refractivity contribution < 1.29 is 4.79 Å². The van der Waals surface area contributed by atoms with Crippen LogP contribution in [0.25, 0.3) is 0 Å². The molecule has 0 fully saturated rings. The Labute approximate surface area is 82.1 Å². The third-order valence-electron chi connectivity index (χ3n) is 1.32. The first-order valence-electron chi connectivity index (χ1n) is 3.82. The number of carbonyl (C=O) groups excluding carboxylic acids is 1. The molecule has 2 N–H and O–H groups in total. The molecule has 1 aromatic rings. The van der Waals surface area contributed by atoms with Gasteiger partial charge >= 0.3 is 6.03 Å². The molecule has 0 unspecified atom stereocenters. The van der Waals surface area contributed by atoms with E-state index in [9.17, 15) is 4.79 Å². The van der Waals surface area contributed by atoms with E-state index in [0.29, 0.717) is 4.99 Å². The van der Waals surface area contributed by atoms with E-state index in [1.54, 1.807) is 19.1 Å². The van der Waals surface area contributed by atoms with Crippen LogP contribution in [0.4, 0.5) is 10.5 Å². The van der Waals surface area contributed by atoms with Crippen molar-refractivity contribution in [3.63, 3.8) is 0 Å². The van der Waals surface area contributed by atoms with E-state index in [4.69, 9.17) is 12.2 Å². The zero-order valence-electron chi connectivity index (χ0n) is 7.20. The average molecular weight is 194 g/mol. The highest BCUT2D eigenvalue weighted by Gasteiger charge is 1.99. The number of para-hydroxylation sites is 1. The topological polar surface area (TPSA) is 41.1 Å². The molecular weight excluding hydrogens is 184 g/mol. The Kier molecular flexibility index (Phi) is 3.40. The zero-order valence-corrected chi connectivity index (χ0v) is 8.02. The molecule has 68 valence electrons. The van der Waals surface area contributed by atoms with Gasteiger partial charge in [0.25, 0.3) is 0 Å². The van der Waals surface area contributed by atoms with Crippen molar-refractivity contribution in [1.29, 1.82) is 0 Å². The Morgan fingerprint density at radius 1 is 1.31 bits per heavy atom. The van der Waals surface area contributed by atoms with Crippen LogP contribution in [0.2, 0.25) is 0 Å². The third kappa shape index (κ3) is 3.66. The first-order valence-corrected chi connectivity index (χ1v) is 4.23. The number of hydrogen-bond acceptors (Lipinski definition) is 2. The number of amides is 2. The molecule has 0 aromatic heterocycles. The summed E-state index contributed by atoms with van der Waals surface area (Å²) >= 11 is 4.72. The summed E-state index contributed by atoms with van der Waals surface area (Å²) in [5.41, 5.74) is 0.747. The lowest BCUT2D eigenvalue weighted by molar-refractivity contribution is 0.256. The van der Waals surface area contributed by atoms with Gasteiger partial charge in [-0.2, -0.15) is 0 Å². The predicted molar refractivity (Wildman–Crippen MR) is 56.9 cm³/mol. The predicted octanol–water partition coefficient (Wildman–Crippen LogP) is 2.16. The van der Waals surface area contributed by atoms with Crippen molar-refractivity contribution in [2.75, 3.05) is 5.32 Å². The minimum absolute atomic E-state index is 0.307. The van der Waals surface area contributed by atoms with Crippen LogP contribution in [0.15, 0.2) is 30.3 Å². The van der Waals surface area contributed by atoms with Crippen LogP contribution >= 0.6 is 12.2 Å². The van der Waals surface area contributed by atoms with Crippen LogP contribution in [0, 0.1) is 0 Å². The summed E-state index contributed by atoms with van der Waals surface area (Å²) in [5.74, 6) is 0. The number of anilines is 1. The van der Waals surface area contributed by atoms with Gasteiger partial charge in [0.2, 0.25) is 0 Å². The van der Waals surface area contributed by atoms with E-state index in [1.165, 1.54) is 0 Å². The van der Waals surface area contributed by atoms with E-state index in [0.717, 1.165) is 5.69 Å². The first-order chi connectivity index (χ1) is 6.18. The van der Waals surface area contributed by atoms with Gasteiger partial charge in [-0.25, -0.2) is 4.79 Å².